The summed E-state index contributed by atoms with van der Waals surface area (Å²) >= 11 is 0. The summed E-state index contributed by atoms with van der Waals surface area (Å²) in [6.45, 7) is 7.39. The van der Waals surface area contributed by atoms with E-state index in [1.807, 2.05) is 0 Å². The fourth-order valence-electron chi connectivity index (χ4n) is 3.40. The number of carbonyl (C=O) groups is 2. The Bertz CT molecular complexity index is 309. The Morgan fingerprint density at radius 3 is 1.62 bits per heavy atom. The summed E-state index contributed by atoms with van der Waals surface area (Å²) in [7, 11) is 0. The van der Waals surface area contributed by atoms with Gasteiger partial charge in [0, 0.05) is 24.7 Å². The highest BCUT2D eigenvalue weighted by molar-refractivity contribution is 5.91. The Kier molecular flexibility index (Phi) is 3.08. The topological polar surface area (TPSA) is 34.1 Å². The quantitative estimate of drug-likeness (QED) is 0.679. The highest BCUT2D eigenvalue weighted by Crippen LogP contribution is 2.49. The fourth-order valence-corrected chi connectivity index (χ4v) is 3.40. The second kappa shape index (κ2) is 4.36. The van der Waals surface area contributed by atoms with Gasteiger partial charge in [-0.1, -0.05) is 12.2 Å². The van der Waals surface area contributed by atoms with E-state index < -0.39 is 0 Å². The molecule has 0 spiro atoms. The van der Waals surface area contributed by atoms with Crippen LogP contribution in [0.4, 0.5) is 0 Å². The standard InChI is InChI=1S/C14H18O2/c1-3-5-9-11-7-14(16)10(6-4-2)12(11)8-13(9)15/h3-4,9-12H,1-2,5-8H2. The third-order valence-corrected chi connectivity index (χ3v) is 4.13. The molecule has 2 saturated carbocycles. The van der Waals surface area contributed by atoms with Crippen molar-refractivity contribution in [2.24, 2.45) is 23.7 Å². The first-order chi connectivity index (χ1) is 7.69. The van der Waals surface area contributed by atoms with E-state index in [0.29, 0.717) is 24.4 Å². The predicted molar refractivity (Wildman–Crippen MR) is 62.8 cm³/mol. The fraction of sp³-hybridized carbons (Fsp3) is 0.571. The molecule has 0 saturated heterocycles. The van der Waals surface area contributed by atoms with Gasteiger partial charge in [-0.05, 0) is 24.7 Å². The van der Waals surface area contributed by atoms with Gasteiger partial charge in [0.05, 0.1) is 0 Å². The zero-order valence-corrected chi connectivity index (χ0v) is 9.52. The van der Waals surface area contributed by atoms with Crippen LogP contribution < -0.4 is 0 Å². The first kappa shape index (κ1) is 11.3. The molecule has 4 atom stereocenters. The number of fused-ring (bicyclic) bond motifs is 1. The van der Waals surface area contributed by atoms with E-state index in [9.17, 15) is 9.59 Å². The van der Waals surface area contributed by atoms with Crippen molar-refractivity contribution in [3.05, 3.63) is 25.3 Å². The lowest BCUT2D eigenvalue weighted by atomic mass is 9.86. The van der Waals surface area contributed by atoms with Gasteiger partial charge in [-0.25, -0.2) is 0 Å². The van der Waals surface area contributed by atoms with Crippen molar-refractivity contribution in [1.82, 2.24) is 0 Å². The summed E-state index contributed by atoms with van der Waals surface area (Å²) in [6.07, 6.45) is 6.25. The van der Waals surface area contributed by atoms with Gasteiger partial charge in [0.15, 0.2) is 0 Å². The van der Waals surface area contributed by atoms with E-state index in [-0.39, 0.29) is 23.7 Å². The summed E-state index contributed by atoms with van der Waals surface area (Å²) in [5.74, 6) is 1.33. The molecule has 0 heterocycles. The molecular weight excluding hydrogens is 200 g/mol. The average molecular weight is 218 g/mol. The van der Waals surface area contributed by atoms with E-state index >= 15 is 0 Å². The third-order valence-electron chi connectivity index (χ3n) is 4.13. The molecule has 0 aromatic heterocycles. The van der Waals surface area contributed by atoms with E-state index in [0.717, 1.165) is 12.8 Å². The molecule has 0 bridgehead atoms. The van der Waals surface area contributed by atoms with Gasteiger partial charge in [-0.2, -0.15) is 0 Å². The van der Waals surface area contributed by atoms with Crippen LogP contribution >= 0.6 is 0 Å². The molecule has 2 aliphatic rings. The molecule has 2 rings (SSSR count). The first-order valence-electron chi connectivity index (χ1n) is 5.96. The summed E-state index contributed by atoms with van der Waals surface area (Å²) in [5.41, 5.74) is 0. The Balaban J connectivity index is 2.17. The molecule has 0 radical (unpaired) electrons. The van der Waals surface area contributed by atoms with Gasteiger partial charge in [-0.3, -0.25) is 9.59 Å². The number of ketones is 2. The maximum absolute atomic E-state index is 11.8. The Morgan fingerprint density at radius 2 is 1.31 bits per heavy atom. The van der Waals surface area contributed by atoms with Crippen LogP contribution in [0.3, 0.4) is 0 Å². The molecule has 0 aromatic rings. The highest BCUT2D eigenvalue weighted by atomic mass is 16.1. The van der Waals surface area contributed by atoms with Crippen LogP contribution in [0.15, 0.2) is 25.3 Å². The van der Waals surface area contributed by atoms with Crippen LogP contribution in [0.1, 0.15) is 25.7 Å². The van der Waals surface area contributed by atoms with E-state index in [2.05, 4.69) is 13.2 Å². The molecule has 16 heavy (non-hydrogen) atoms. The zero-order valence-electron chi connectivity index (χ0n) is 9.52. The largest absolute Gasteiger partial charge is 0.299 e. The molecule has 4 unspecified atom stereocenters. The van der Waals surface area contributed by atoms with Crippen LogP contribution in [0, 0.1) is 23.7 Å². The Hall–Kier alpha value is -1.18. The summed E-state index contributed by atoms with van der Waals surface area (Å²) in [4.78, 5) is 23.7. The third kappa shape index (κ3) is 1.66. The molecule has 0 aromatic carbocycles. The van der Waals surface area contributed by atoms with Crippen LogP contribution in [0.25, 0.3) is 0 Å². The maximum atomic E-state index is 11.8. The highest BCUT2D eigenvalue weighted by Gasteiger charge is 2.51. The lowest BCUT2D eigenvalue weighted by Gasteiger charge is -2.16. The molecule has 0 aliphatic heterocycles. The molecule has 86 valence electrons. The van der Waals surface area contributed by atoms with Gasteiger partial charge in [0.25, 0.3) is 0 Å². The van der Waals surface area contributed by atoms with Crippen molar-refractivity contribution >= 4 is 11.6 Å². The number of rotatable bonds is 4. The van der Waals surface area contributed by atoms with Crippen molar-refractivity contribution in [2.75, 3.05) is 0 Å². The first-order valence-corrected chi connectivity index (χ1v) is 5.96. The van der Waals surface area contributed by atoms with Crippen LogP contribution in [-0.4, -0.2) is 11.6 Å². The molecular formula is C14H18O2. The number of hydrogen-bond acceptors (Lipinski definition) is 2. The van der Waals surface area contributed by atoms with Crippen LogP contribution in [0.2, 0.25) is 0 Å². The smallest absolute Gasteiger partial charge is 0.136 e. The van der Waals surface area contributed by atoms with E-state index in [1.165, 1.54) is 0 Å². The number of allylic oxidation sites excluding steroid dienone is 2. The number of hydrogen-bond donors (Lipinski definition) is 0. The maximum Gasteiger partial charge on any atom is 0.136 e. The average Bonchev–Trinajstić information content (AvgIpc) is 2.69. The lowest BCUT2D eigenvalue weighted by Crippen LogP contribution is -2.14. The molecule has 0 amide bonds. The Labute approximate surface area is 96.4 Å². The van der Waals surface area contributed by atoms with Gasteiger partial charge >= 0.3 is 0 Å². The van der Waals surface area contributed by atoms with Gasteiger partial charge in [0.1, 0.15) is 11.6 Å². The lowest BCUT2D eigenvalue weighted by molar-refractivity contribution is -0.123. The minimum atomic E-state index is 0.0567. The van der Waals surface area contributed by atoms with Crippen molar-refractivity contribution in [3.8, 4) is 0 Å². The van der Waals surface area contributed by atoms with Gasteiger partial charge in [-0.15, -0.1) is 13.2 Å². The Morgan fingerprint density at radius 1 is 0.938 bits per heavy atom. The summed E-state index contributed by atoms with van der Waals surface area (Å²) < 4.78 is 0. The predicted octanol–water partition coefficient (Wildman–Crippen LogP) is 2.55. The second-order valence-electron chi connectivity index (χ2n) is 4.93. The van der Waals surface area contributed by atoms with Crippen molar-refractivity contribution < 1.29 is 9.59 Å². The molecule has 0 N–H and O–H groups in total. The summed E-state index contributed by atoms with van der Waals surface area (Å²) in [5, 5.41) is 0. The molecule has 2 nitrogen and oxygen atoms in total. The minimum Gasteiger partial charge on any atom is -0.299 e. The SMILES string of the molecule is C=CCC1C(=O)CC2C(CC=C)C(=O)CC12. The van der Waals surface area contributed by atoms with Crippen LogP contribution in [-0.2, 0) is 9.59 Å². The van der Waals surface area contributed by atoms with Crippen molar-refractivity contribution in [1.29, 1.82) is 0 Å². The van der Waals surface area contributed by atoms with E-state index in [4.69, 9.17) is 0 Å². The second-order valence-corrected chi connectivity index (χ2v) is 4.93. The van der Waals surface area contributed by atoms with Crippen molar-refractivity contribution in [2.45, 2.75) is 25.7 Å². The summed E-state index contributed by atoms with van der Waals surface area (Å²) in [6, 6.07) is 0. The van der Waals surface area contributed by atoms with Gasteiger partial charge in [0.2, 0.25) is 0 Å². The molecule has 2 heteroatoms. The molecule has 2 aliphatic carbocycles. The molecule has 2 fully saturated rings. The number of Topliss-reactive ketones (excluding diaryl/α,β-unsaturated/α-hetero) is 2. The van der Waals surface area contributed by atoms with Crippen molar-refractivity contribution in [3.63, 3.8) is 0 Å². The van der Waals surface area contributed by atoms with Gasteiger partial charge < -0.3 is 0 Å². The number of carbonyl (C=O) groups excluding carboxylic acids is 2. The monoisotopic (exact) mass is 218 g/mol. The van der Waals surface area contributed by atoms with Crippen LogP contribution in [0.5, 0.6) is 0 Å². The minimum absolute atomic E-state index is 0.0567. The zero-order chi connectivity index (χ0) is 11.7. The van der Waals surface area contributed by atoms with E-state index in [1.54, 1.807) is 12.2 Å². The normalized spacial score (nSPS) is 37.5.